The standard InChI is InChI=1S/C20H27N3O3S/c1-4-23(5-2)19-9-7-6-8-16(19)14-15-21-20(24)17-10-12-18(13-11-17)22-27(3,25)26/h6-13,22H,4-5,14-15H2,1-3H3,(H,21,24). The van der Waals surface area contributed by atoms with Gasteiger partial charge in [0.15, 0.2) is 0 Å². The first-order valence-corrected chi connectivity index (χ1v) is 10.9. The number of anilines is 2. The molecular formula is C20H27N3O3S. The predicted molar refractivity (Wildman–Crippen MR) is 111 cm³/mol. The highest BCUT2D eigenvalue weighted by Gasteiger charge is 2.10. The van der Waals surface area contributed by atoms with E-state index in [0.29, 0.717) is 17.8 Å². The molecule has 2 aromatic carbocycles. The van der Waals surface area contributed by atoms with Crippen molar-refractivity contribution in [3.05, 3.63) is 59.7 Å². The Morgan fingerprint density at radius 3 is 2.22 bits per heavy atom. The Morgan fingerprint density at radius 2 is 1.63 bits per heavy atom. The molecule has 0 heterocycles. The summed E-state index contributed by atoms with van der Waals surface area (Å²) in [4.78, 5) is 14.6. The van der Waals surface area contributed by atoms with Crippen LogP contribution < -0.4 is 14.9 Å². The number of sulfonamides is 1. The predicted octanol–water partition coefficient (Wildman–Crippen LogP) is 2.88. The van der Waals surface area contributed by atoms with Crippen LogP contribution in [-0.2, 0) is 16.4 Å². The third-order valence-corrected chi connectivity index (χ3v) is 4.83. The largest absolute Gasteiger partial charge is 0.372 e. The Balaban J connectivity index is 1.95. The summed E-state index contributed by atoms with van der Waals surface area (Å²) < 4.78 is 24.8. The van der Waals surface area contributed by atoms with Crippen molar-refractivity contribution in [2.24, 2.45) is 0 Å². The zero-order valence-corrected chi connectivity index (χ0v) is 16.8. The van der Waals surface area contributed by atoms with Crippen LogP contribution in [-0.4, -0.2) is 40.2 Å². The van der Waals surface area contributed by atoms with Gasteiger partial charge in [0, 0.05) is 36.6 Å². The van der Waals surface area contributed by atoms with Gasteiger partial charge in [-0.15, -0.1) is 0 Å². The lowest BCUT2D eigenvalue weighted by atomic mass is 10.1. The fraction of sp³-hybridized carbons (Fsp3) is 0.350. The molecule has 0 aromatic heterocycles. The molecule has 27 heavy (non-hydrogen) atoms. The van der Waals surface area contributed by atoms with Gasteiger partial charge in [-0.2, -0.15) is 0 Å². The van der Waals surface area contributed by atoms with Crippen LogP contribution >= 0.6 is 0 Å². The molecule has 0 bridgehead atoms. The van der Waals surface area contributed by atoms with Gasteiger partial charge in [0.05, 0.1) is 6.26 Å². The van der Waals surface area contributed by atoms with E-state index in [4.69, 9.17) is 0 Å². The minimum absolute atomic E-state index is 0.179. The van der Waals surface area contributed by atoms with E-state index >= 15 is 0 Å². The lowest BCUT2D eigenvalue weighted by Crippen LogP contribution is -2.27. The monoisotopic (exact) mass is 389 g/mol. The molecular weight excluding hydrogens is 362 g/mol. The number of benzene rings is 2. The number of hydrogen-bond acceptors (Lipinski definition) is 4. The number of para-hydroxylation sites is 1. The molecule has 0 aliphatic carbocycles. The molecule has 0 fully saturated rings. The van der Waals surface area contributed by atoms with Gasteiger partial charge < -0.3 is 10.2 Å². The minimum Gasteiger partial charge on any atom is -0.372 e. The minimum atomic E-state index is -3.33. The van der Waals surface area contributed by atoms with Gasteiger partial charge in [-0.25, -0.2) is 8.42 Å². The van der Waals surface area contributed by atoms with E-state index in [-0.39, 0.29) is 5.91 Å². The van der Waals surface area contributed by atoms with Crippen LogP contribution in [0.1, 0.15) is 29.8 Å². The van der Waals surface area contributed by atoms with Gasteiger partial charge in [0.25, 0.3) is 5.91 Å². The molecule has 6 nitrogen and oxygen atoms in total. The third kappa shape index (κ3) is 6.29. The third-order valence-electron chi connectivity index (χ3n) is 4.23. The number of hydrogen-bond donors (Lipinski definition) is 2. The summed E-state index contributed by atoms with van der Waals surface area (Å²) in [5.41, 5.74) is 3.33. The highest BCUT2D eigenvalue weighted by molar-refractivity contribution is 7.92. The number of amides is 1. The van der Waals surface area contributed by atoms with Gasteiger partial charge in [-0.1, -0.05) is 18.2 Å². The Hall–Kier alpha value is -2.54. The van der Waals surface area contributed by atoms with Crippen molar-refractivity contribution >= 4 is 27.3 Å². The van der Waals surface area contributed by atoms with Crippen LogP contribution in [0.15, 0.2) is 48.5 Å². The van der Waals surface area contributed by atoms with Crippen LogP contribution in [0.25, 0.3) is 0 Å². The zero-order chi connectivity index (χ0) is 19.9. The van der Waals surface area contributed by atoms with Crippen LogP contribution in [0.5, 0.6) is 0 Å². The van der Waals surface area contributed by atoms with Gasteiger partial charge in [-0.05, 0) is 56.2 Å². The molecule has 0 spiro atoms. The van der Waals surface area contributed by atoms with Crippen molar-refractivity contribution in [1.29, 1.82) is 0 Å². The van der Waals surface area contributed by atoms with Crippen LogP contribution in [0.4, 0.5) is 11.4 Å². The molecule has 7 heteroatoms. The van der Waals surface area contributed by atoms with E-state index in [1.54, 1.807) is 24.3 Å². The first-order chi connectivity index (χ1) is 12.8. The second-order valence-corrected chi connectivity index (χ2v) is 8.01. The van der Waals surface area contributed by atoms with Crippen molar-refractivity contribution in [2.75, 3.05) is 35.5 Å². The molecule has 2 aromatic rings. The fourth-order valence-corrected chi connectivity index (χ4v) is 3.48. The van der Waals surface area contributed by atoms with Crippen molar-refractivity contribution in [3.63, 3.8) is 0 Å². The van der Waals surface area contributed by atoms with E-state index in [0.717, 1.165) is 25.8 Å². The number of nitrogens with zero attached hydrogens (tertiary/aromatic N) is 1. The highest BCUT2D eigenvalue weighted by Crippen LogP contribution is 2.20. The van der Waals surface area contributed by atoms with Gasteiger partial charge >= 0.3 is 0 Å². The molecule has 146 valence electrons. The van der Waals surface area contributed by atoms with E-state index in [1.807, 2.05) is 12.1 Å². The topological polar surface area (TPSA) is 78.5 Å². The van der Waals surface area contributed by atoms with Gasteiger partial charge in [0.2, 0.25) is 10.0 Å². The number of carbonyl (C=O) groups excluding carboxylic acids is 1. The van der Waals surface area contributed by atoms with E-state index in [9.17, 15) is 13.2 Å². The fourth-order valence-electron chi connectivity index (χ4n) is 2.91. The molecule has 0 saturated carbocycles. The maximum absolute atomic E-state index is 12.3. The van der Waals surface area contributed by atoms with E-state index in [2.05, 4.69) is 40.9 Å². The smallest absolute Gasteiger partial charge is 0.251 e. The summed E-state index contributed by atoms with van der Waals surface area (Å²) in [6.07, 6.45) is 1.83. The summed E-state index contributed by atoms with van der Waals surface area (Å²) in [5.74, 6) is -0.179. The van der Waals surface area contributed by atoms with Crippen molar-refractivity contribution in [3.8, 4) is 0 Å². The highest BCUT2D eigenvalue weighted by atomic mass is 32.2. The quantitative estimate of drug-likeness (QED) is 0.691. The van der Waals surface area contributed by atoms with Crippen LogP contribution in [0.3, 0.4) is 0 Å². The molecule has 0 radical (unpaired) electrons. The number of rotatable bonds is 9. The molecule has 0 unspecified atom stereocenters. The molecule has 2 rings (SSSR count). The molecule has 0 aliphatic heterocycles. The summed E-state index contributed by atoms with van der Waals surface area (Å²) in [7, 11) is -3.33. The van der Waals surface area contributed by atoms with Crippen molar-refractivity contribution < 1.29 is 13.2 Å². The Morgan fingerprint density at radius 1 is 1.00 bits per heavy atom. The van der Waals surface area contributed by atoms with Crippen LogP contribution in [0, 0.1) is 0 Å². The molecule has 0 saturated heterocycles. The summed E-state index contributed by atoms with van der Waals surface area (Å²) >= 11 is 0. The van der Waals surface area contributed by atoms with Gasteiger partial charge in [0.1, 0.15) is 0 Å². The normalized spacial score (nSPS) is 11.1. The summed E-state index contributed by atoms with van der Waals surface area (Å²) in [6.45, 7) is 6.66. The zero-order valence-electron chi connectivity index (χ0n) is 16.0. The molecule has 2 N–H and O–H groups in total. The lowest BCUT2D eigenvalue weighted by Gasteiger charge is -2.24. The Bertz CT molecular complexity index is 860. The van der Waals surface area contributed by atoms with Crippen molar-refractivity contribution in [2.45, 2.75) is 20.3 Å². The van der Waals surface area contributed by atoms with Gasteiger partial charge in [-0.3, -0.25) is 9.52 Å². The maximum Gasteiger partial charge on any atom is 0.251 e. The molecule has 0 aliphatic rings. The Labute approximate surface area is 161 Å². The Kier molecular flexibility index (Phi) is 7.24. The van der Waals surface area contributed by atoms with E-state index < -0.39 is 10.0 Å². The average Bonchev–Trinajstić information content (AvgIpc) is 2.63. The second kappa shape index (κ2) is 9.41. The summed E-state index contributed by atoms with van der Waals surface area (Å²) in [6, 6.07) is 14.6. The van der Waals surface area contributed by atoms with Crippen molar-refractivity contribution in [1.82, 2.24) is 5.32 Å². The second-order valence-electron chi connectivity index (χ2n) is 6.26. The molecule has 1 amide bonds. The molecule has 0 atom stereocenters. The summed E-state index contributed by atoms with van der Waals surface area (Å²) in [5, 5.41) is 2.92. The first-order valence-electron chi connectivity index (χ1n) is 9.03. The number of carbonyl (C=O) groups is 1. The average molecular weight is 390 g/mol. The van der Waals surface area contributed by atoms with E-state index in [1.165, 1.54) is 11.3 Å². The number of nitrogens with one attached hydrogen (secondary N) is 2. The lowest BCUT2D eigenvalue weighted by molar-refractivity contribution is 0.0954. The van der Waals surface area contributed by atoms with Crippen LogP contribution in [0.2, 0.25) is 0 Å². The SMILES string of the molecule is CCN(CC)c1ccccc1CCNC(=O)c1ccc(NS(C)(=O)=O)cc1. The maximum atomic E-state index is 12.3. The first kappa shape index (κ1) is 20.8.